The molecule has 0 radical (unpaired) electrons. The molecule has 2 heteroatoms. The lowest BCUT2D eigenvalue weighted by Crippen LogP contribution is -2.34. The third kappa shape index (κ3) is 2.37. The minimum absolute atomic E-state index is 0.0273. The summed E-state index contributed by atoms with van der Waals surface area (Å²) < 4.78 is 0. The molecule has 0 heterocycles. The van der Waals surface area contributed by atoms with Crippen LogP contribution in [0.3, 0.4) is 0 Å². The topological polar surface area (TPSA) is 37.3 Å². The van der Waals surface area contributed by atoms with Gasteiger partial charge in [-0.25, -0.2) is 0 Å². The summed E-state index contributed by atoms with van der Waals surface area (Å²) in [4.78, 5) is 10.4. The van der Waals surface area contributed by atoms with Gasteiger partial charge in [0.2, 0.25) is 0 Å². The van der Waals surface area contributed by atoms with Crippen molar-refractivity contribution in [1.82, 2.24) is 0 Å². The lowest BCUT2D eigenvalue weighted by Gasteiger charge is -2.41. The third-order valence-corrected chi connectivity index (χ3v) is 3.72. The largest absolute Gasteiger partial charge is 0.512 e. The first-order valence-electron chi connectivity index (χ1n) is 5.85. The summed E-state index contributed by atoms with van der Waals surface area (Å²) in [7, 11) is 0. The van der Waals surface area contributed by atoms with Crippen molar-refractivity contribution in [2.75, 3.05) is 0 Å². The number of hydrogen-bond donors (Lipinski definition) is 1. The van der Waals surface area contributed by atoms with Crippen LogP contribution in [0.2, 0.25) is 0 Å². The van der Waals surface area contributed by atoms with Gasteiger partial charge in [-0.3, -0.25) is 0 Å². The van der Waals surface area contributed by atoms with Crippen molar-refractivity contribution in [3.8, 4) is 0 Å². The van der Waals surface area contributed by atoms with E-state index in [0.717, 1.165) is 19.1 Å². The van der Waals surface area contributed by atoms with Gasteiger partial charge in [0.05, 0.1) is 5.76 Å². The van der Waals surface area contributed by atoms with Gasteiger partial charge in [-0.15, -0.1) is 0 Å². The first-order chi connectivity index (χ1) is 7.31. The SMILES string of the molecule is CC(C)(C)C1(C)C=C(CCC=O)CC=C1O. The minimum Gasteiger partial charge on any atom is -0.512 e. The third-order valence-electron chi connectivity index (χ3n) is 3.72. The zero-order chi connectivity index (χ0) is 12.4. The normalized spacial score (nSPS) is 26.0. The van der Waals surface area contributed by atoms with Crippen molar-refractivity contribution >= 4 is 6.29 Å². The fourth-order valence-corrected chi connectivity index (χ4v) is 2.00. The quantitative estimate of drug-likeness (QED) is 0.582. The Morgan fingerprint density at radius 1 is 1.50 bits per heavy atom. The number of carbonyl (C=O) groups is 1. The Hall–Kier alpha value is -1.05. The Labute approximate surface area is 98.1 Å². The van der Waals surface area contributed by atoms with E-state index in [4.69, 9.17) is 0 Å². The Kier molecular flexibility index (Phi) is 3.61. The highest BCUT2D eigenvalue weighted by atomic mass is 16.3. The molecule has 0 bridgehead atoms. The highest BCUT2D eigenvalue weighted by Gasteiger charge is 2.40. The maximum atomic E-state index is 10.4. The zero-order valence-corrected chi connectivity index (χ0v) is 10.7. The molecule has 0 aliphatic heterocycles. The molecule has 1 N–H and O–H groups in total. The fraction of sp³-hybridized carbons (Fsp3) is 0.643. The Morgan fingerprint density at radius 2 is 2.12 bits per heavy atom. The lowest BCUT2D eigenvalue weighted by molar-refractivity contribution is -0.107. The highest BCUT2D eigenvalue weighted by Crippen LogP contribution is 2.48. The molecule has 0 fully saturated rings. The fourth-order valence-electron chi connectivity index (χ4n) is 2.00. The van der Waals surface area contributed by atoms with E-state index in [9.17, 15) is 9.90 Å². The monoisotopic (exact) mass is 222 g/mol. The first-order valence-corrected chi connectivity index (χ1v) is 5.85. The van der Waals surface area contributed by atoms with E-state index < -0.39 is 0 Å². The molecule has 1 aliphatic rings. The summed E-state index contributed by atoms with van der Waals surface area (Å²) in [5.74, 6) is 0.454. The molecule has 0 saturated carbocycles. The molecule has 1 rings (SSSR count). The number of allylic oxidation sites excluding steroid dienone is 3. The van der Waals surface area contributed by atoms with Gasteiger partial charge in [-0.2, -0.15) is 0 Å². The van der Waals surface area contributed by atoms with Crippen LogP contribution in [-0.2, 0) is 4.79 Å². The Balaban J connectivity index is 2.97. The first kappa shape index (κ1) is 13.0. The summed E-state index contributed by atoms with van der Waals surface area (Å²) >= 11 is 0. The molecule has 0 aromatic carbocycles. The van der Waals surface area contributed by atoms with E-state index in [2.05, 4.69) is 33.8 Å². The molecular weight excluding hydrogens is 200 g/mol. The molecule has 0 amide bonds. The predicted molar refractivity (Wildman–Crippen MR) is 66.3 cm³/mol. The molecule has 90 valence electrons. The maximum Gasteiger partial charge on any atom is 0.120 e. The van der Waals surface area contributed by atoms with E-state index in [-0.39, 0.29) is 10.8 Å². The average Bonchev–Trinajstić information content (AvgIpc) is 2.18. The molecule has 0 aromatic rings. The summed E-state index contributed by atoms with van der Waals surface area (Å²) in [6, 6.07) is 0. The average molecular weight is 222 g/mol. The van der Waals surface area contributed by atoms with Crippen LogP contribution in [0.1, 0.15) is 47.0 Å². The van der Waals surface area contributed by atoms with Crippen molar-refractivity contribution in [2.45, 2.75) is 47.0 Å². The lowest BCUT2D eigenvalue weighted by atomic mass is 9.64. The maximum absolute atomic E-state index is 10.4. The van der Waals surface area contributed by atoms with E-state index >= 15 is 0 Å². The van der Waals surface area contributed by atoms with Crippen LogP contribution in [-0.4, -0.2) is 11.4 Å². The van der Waals surface area contributed by atoms with Crippen molar-refractivity contribution in [3.63, 3.8) is 0 Å². The number of aliphatic hydroxyl groups is 1. The zero-order valence-electron chi connectivity index (χ0n) is 10.7. The highest BCUT2D eigenvalue weighted by molar-refractivity contribution is 5.50. The van der Waals surface area contributed by atoms with Crippen LogP contribution < -0.4 is 0 Å². The smallest absolute Gasteiger partial charge is 0.120 e. The molecule has 16 heavy (non-hydrogen) atoms. The summed E-state index contributed by atoms with van der Waals surface area (Å²) in [6.07, 6.45) is 7.12. The second kappa shape index (κ2) is 4.44. The van der Waals surface area contributed by atoms with Gasteiger partial charge in [-0.1, -0.05) is 32.4 Å². The summed E-state index contributed by atoms with van der Waals surface area (Å²) in [5.41, 5.74) is 0.909. The number of hydrogen-bond acceptors (Lipinski definition) is 2. The molecule has 0 aromatic heterocycles. The number of carbonyl (C=O) groups excluding carboxylic acids is 1. The van der Waals surface area contributed by atoms with Crippen LogP contribution in [0, 0.1) is 10.8 Å². The molecule has 1 atom stereocenters. The van der Waals surface area contributed by atoms with Gasteiger partial charge in [0.25, 0.3) is 0 Å². The second-order valence-electron chi connectivity index (χ2n) is 5.75. The van der Waals surface area contributed by atoms with Gasteiger partial charge in [0, 0.05) is 11.8 Å². The summed E-state index contributed by atoms with van der Waals surface area (Å²) in [6.45, 7) is 8.42. The molecule has 1 aliphatic carbocycles. The van der Waals surface area contributed by atoms with Crippen LogP contribution in [0.15, 0.2) is 23.5 Å². The van der Waals surface area contributed by atoms with Crippen LogP contribution >= 0.6 is 0 Å². The Morgan fingerprint density at radius 3 is 2.62 bits per heavy atom. The van der Waals surface area contributed by atoms with Crippen LogP contribution in [0.25, 0.3) is 0 Å². The second-order valence-corrected chi connectivity index (χ2v) is 5.75. The molecular formula is C14H22O2. The van der Waals surface area contributed by atoms with Crippen molar-refractivity contribution in [2.24, 2.45) is 10.8 Å². The predicted octanol–water partition coefficient (Wildman–Crippen LogP) is 3.79. The minimum atomic E-state index is -0.316. The standard InChI is InChI=1S/C14H22O2/c1-13(2,3)14(4)10-11(6-5-9-15)7-8-12(14)16/h8-10,16H,5-7H2,1-4H3. The van der Waals surface area contributed by atoms with Gasteiger partial charge >= 0.3 is 0 Å². The number of aliphatic hydroxyl groups excluding tert-OH is 1. The van der Waals surface area contributed by atoms with Gasteiger partial charge in [0.1, 0.15) is 6.29 Å². The molecule has 1 unspecified atom stereocenters. The molecule has 0 saturated heterocycles. The number of aldehydes is 1. The van der Waals surface area contributed by atoms with Gasteiger partial charge < -0.3 is 9.90 Å². The number of rotatable bonds is 3. The van der Waals surface area contributed by atoms with Crippen molar-refractivity contribution in [1.29, 1.82) is 0 Å². The Bertz CT molecular complexity index is 331. The van der Waals surface area contributed by atoms with E-state index in [0.29, 0.717) is 12.2 Å². The summed E-state index contributed by atoms with van der Waals surface area (Å²) in [5, 5.41) is 10.1. The van der Waals surface area contributed by atoms with Crippen molar-refractivity contribution in [3.05, 3.63) is 23.5 Å². The molecule has 2 nitrogen and oxygen atoms in total. The van der Waals surface area contributed by atoms with E-state index in [1.165, 1.54) is 5.57 Å². The van der Waals surface area contributed by atoms with Crippen LogP contribution in [0.5, 0.6) is 0 Å². The molecule has 0 spiro atoms. The van der Waals surface area contributed by atoms with Gasteiger partial charge in [0.15, 0.2) is 0 Å². The van der Waals surface area contributed by atoms with E-state index in [1.807, 2.05) is 6.08 Å². The van der Waals surface area contributed by atoms with Gasteiger partial charge in [-0.05, 0) is 31.3 Å². The van der Waals surface area contributed by atoms with Crippen molar-refractivity contribution < 1.29 is 9.90 Å². The van der Waals surface area contributed by atoms with E-state index in [1.54, 1.807) is 0 Å². The van der Waals surface area contributed by atoms with Crippen LogP contribution in [0.4, 0.5) is 0 Å².